The molecule has 2 saturated carbocycles. The summed E-state index contributed by atoms with van der Waals surface area (Å²) >= 11 is 0. The molecule has 0 aromatic carbocycles. The first-order chi connectivity index (χ1) is 8.70. The van der Waals surface area contributed by atoms with Crippen LogP contribution in [0.25, 0.3) is 0 Å². The molecule has 3 N–H and O–H groups in total. The molecule has 0 aromatic rings. The number of ether oxygens (including phenoxy) is 1. The van der Waals surface area contributed by atoms with Gasteiger partial charge >= 0.3 is 0 Å². The Morgan fingerprint density at radius 2 is 2.06 bits per heavy atom. The predicted octanol–water partition coefficient (Wildman–Crippen LogP) is 1.58. The summed E-state index contributed by atoms with van der Waals surface area (Å²) in [6, 6.07) is 0.285. The largest absolute Gasteiger partial charge is 0.381 e. The topological polar surface area (TPSA) is 64.3 Å². The third kappa shape index (κ3) is 2.86. The van der Waals surface area contributed by atoms with Gasteiger partial charge in [0.05, 0.1) is 11.5 Å². The Hall–Kier alpha value is -0.610. The summed E-state index contributed by atoms with van der Waals surface area (Å²) in [6.45, 7) is 0.485. The zero-order valence-electron chi connectivity index (χ0n) is 11.4. The summed E-state index contributed by atoms with van der Waals surface area (Å²) in [6.07, 6.45) is 8.77. The average molecular weight is 254 g/mol. The Labute approximate surface area is 110 Å². The van der Waals surface area contributed by atoms with E-state index in [1.54, 1.807) is 7.11 Å². The lowest BCUT2D eigenvalue weighted by Gasteiger charge is -2.35. The SMILES string of the molecule is COC1CCC(NC(=O)C2(CN)CCCCC2)C1. The number of nitrogens with one attached hydrogen (secondary N) is 1. The highest BCUT2D eigenvalue weighted by molar-refractivity contribution is 5.83. The number of hydrogen-bond donors (Lipinski definition) is 2. The third-order valence-corrected chi connectivity index (χ3v) is 4.74. The van der Waals surface area contributed by atoms with Crippen molar-refractivity contribution in [3.63, 3.8) is 0 Å². The molecular weight excluding hydrogens is 228 g/mol. The van der Waals surface area contributed by atoms with Gasteiger partial charge in [-0.2, -0.15) is 0 Å². The van der Waals surface area contributed by atoms with Crippen molar-refractivity contribution in [3.8, 4) is 0 Å². The highest BCUT2D eigenvalue weighted by Crippen LogP contribution is 2.36. The minimum atomic E-state index is -0.288. The molecule has 2 aliphatic rings. The highest BCUT2D eigenvalue weighted by atomic mass is 16.5. The minimum Gasteiger partial charge on any atom is -0.381 e. The second kappa shape index (κ2) is 6.02. The summed E-state index contributed by atoms with van der Waals surface area (Å²) in [7, 11) is 1.75. The van der Waals surface area contributed by atoms with Gasteiger partial charge in [0.2, 0.25) is 5.91 Å². The van der Waals surface area contributed by atoms with Crippen LogP contribution in [0.5, 0.6) is 0 Å². The van der Waals surface area contributed by atoms with Gasteiger partial charge in [-0.1, -0.05) is 19.3 Å². The maximum atomic E-state index is 12.5. The summed E-state index contributed by atoms with van der Waals surface area (Å²) in [5.74, 6) is 0.187. The van der Waals surface area contributed by atoms with Crippen LogP contribution in [-0.2, 0) is 9.53 Å². The number of methoxy groups -OCH3 is 1. The summed E-state index contributed by atoms with van der Waals surface area (Å²) in [5, 5.41) is 3.21. The van der Waals surface area contributed by atoms with Crippen molar-refractivity contribution < 1.29 is 9.53 Å². The van der Waals surface area contributed by atoms with Gasteiger partial charge in [-0.3, -0.25) is 4.79 Å². The predicted molar refractivity (Wildman–Crippen MR) is 71.2 cm³/mol. The zero-order chi connectivity index (χ0) is 13.0. The van der Waals surface area contributed by atoms with Crippen molar-refractivity contribution in [2.75, 3.05) is 13.7 Å². The van der Waals surface area contributed by atoms with Crippen LogP contribution < -0.4 is 11.1 Å². The van der Waals surface area contributed by atoms with Crippen LogP contribution in [0, 0.1) is 5.41 Å². The van der Waals surface area contributed by atoms with E-state index >= 15 is 0 Å². The first-order valence-corrected chi connectivity index (χ1v) is 7.24. The molecule has 0 aliphatic heterocycles. The molecule has 104 valence electrons. The smallest absolute Gasteiger partial charge is 0.227 e. The van der Waals surface area contributed by atoms with Crippen molar-refractivity contribution in [2.24, 2.45) is 11.1 Å². The Morgan fingerprint density at radius 1 is 1.33 bits per heavy atom. The number of carbonyl (C=O) groups excluding carboxylic acids is 1. The van der Waals surface area contributed by atoms with Crippen LogP contribution in [0.1, 0.15) is 51.4 Å². The Kier molecular flexibility index (Phi) is 4.62. The van der Waals surface area contributed by atoms with Crippen LogP contribution in [0.3, 0.4) is 0 Å². The monoisotopic (exact) mass is 254 g/mol. The summed E-state index contributed by atoms with van der Waals surface area (Å²) in [4.78, 5) is 12.5. The molecule has 2 aliphatic carbocycles. The Bertz CT molecular complexity index is 288. The van der Waals surface area contributed by atoms with E-state index in [2.05, 4.69) is 5.32 Å². The van der Waals surface area contributed by atoms with Crippen LogP contribution in [0.4, 0.5) is 0 Å². The maximum Gasteiger partial charge on any atom is 0.227 e. The van der Waals surface area contributed by atoms with Crippen molar-refractivity contribution >= 4 is 5.91 Å². The molecule has 0 radical (unpaired) electrons. The van der Waals surface area contributed by atoms with Crippen LogP contribution >= 0.6 is 0 Å². The van der Waals surface area contributed by atoms with Crippen molar-refractivity contribution in [1.82, 2.24) is 5.32 Å². The van der Waals surface area contributed by atoms with E-state index in [0.29, 0.717) is 12.6 Å². The lowest BCUT2D eigenvalue weighted by atomic mass is 9.73. The van der Waals surface area contributed by atoms with Crippen molar-refractivity contribution in [3.05, 3.63) is 0 Å². The van der Waals surface area contributed by atoms with E-state index in [4.69, 9.17) is 10.5 Å². The number of rotatable bonds is 4. The molecule has 0 spiro atoms. The van der Waals surface area contributed by atoms with Gasteiger partial charge in [0.25, 0.3) is 0 Å². The normalized spacial score (nSPS) is 31.2. The van der Waals surface area contributed by atoms with Crippen molar-refractivity contribution in [1.29, 1.82) is 0 Å². The fraction of sp³-hybridized carbons (Fsp3) is 0.929. The zero-order valence-corrected chi connectivity index (χ0v) is 11.4. The van der Waals surface area contributed by atoms with E-state index < -0.39 is 0 Å². The van der Waals surface area contributed by atoms with Crippen LogP contribution in [0.2, 0.25) is 0 Å². The molecule has 2 atom stereocenters. The van der Waals surface area contributed by atoms with E-state index in [1.165, 1.54) is 6.42 Å². The van der Waals surface area contributed by atoms with Crippen LogP contribution in [0.15, 0.2) is 0 Å². The quantitative estimate of drug-likeness (QED) is 0.800. The number of amides is 1. The molecule has 18 heavy (non-hydrogen) atoms. The first-order valence-electron chi connectivity index (χ1n) is 7.24. The second-order valence-electron chi connectivity index (χ2n) is 5.89. The van der Waals surface area contributed by atoms with E-state index in [-0.39, 0.29) is 17.4 Å². The number of carbonyl (C=O) groups is 1. The molecule has 0 saturated heterocycles. The molecule has 0 aromatic heterocycles. The molecule has 1 amide bonds. The van der Waals surface area contributed by atoms with Gasteiger partial charge in [0.15, 0.2) is 0 Å². The Morgan fingerprint density at radius 3 is 2.61 bits per heavy atom. The van der Waals surface area contributed by atoms with Gasteiger partial charge in [-0.25, -0.2) is 0 Å². The molecule has 0 bridgehead atoms. The van der Waals surface area contributed by atoms with E-state index in [1.807, 2.05) is 0 Å². The van der Waals surface area contributed by atoms with E-state index in [9.17, 15) is 4.79 Å². The van der Waals surface area contributed by atoms with Gasteiger partial charge < -0.3 is 15.8 Å². The fourth-order valence-corrected chi connectivity index (χ4v) is 3.38. The molecule has 2 unspecified atom stereocenters. The molecule has 4 heteroatoms. The third-order valence-electron chi connectivity index (χ3n) is 4.74. The Balaban J connectivity index is 1.90. The van der Waals surface area contributed by atoms with Crippen molar-refractivity contribution in [2.45, 2.75) is 63.5 Å². The van der Waals surface area contributed by atoms with E-state index in [0.717, 1.165) is 44.9 Å². The molecule has 4 nitrogen and oxygen atoms in total. The molecule has 0 heterocycles. The number of hydrogen-bond acceptors (Lipinski definition) is 3. The summed E-state index contributed by atoms with van der Waals surface area (Å²) < 4.78 is 5.34. The molecule has 2 fully saturated rings. The lowest BCUT2D eigenvalue weighted by molar-refractivity contribution is -0.133. The van der Waals surface area contributed by atoms with Gasteiger partial charge in [-0.05, 0) is 32.1 Å². The second-order valence-corrected chi connectivity index (χ2v) is 5.89. The molecule has 2 rings (SSSR count). The average Bonchev–Trinajstić information content (AvgIpc) is 2.87. The van der Waals surface area contributed by atoms with Gasteiger partial charge in [-0.15, -0.1) is 0 Å². The standard InChI is InChI=1S/C14H26N2O2/c1-18-12-6-5-11(9-12)16-13(17)14(10-15)7-3-2-4-8-14/h11-12H,2-10,15H2,1H3,(H,16,17). The molecular formula is C14H26N2O2. The summed E-state index contributed by atoms with van der Waals surface area (Å²) in [5.41, 5.74) is 5.59. The maximum absolute atomic E-state index is 12.5. The van der Waals surface area contributed by atoms with Crippen LogP contribution in [-0.4, -0.2) is 31.7 Å². The lowest BCUT2D eigenvalue weighted by Crippen LogP contribution is -2.49. The number of nitrogens with two attached hydrogens (primary N) is 1. The fourth-order valence-electron chi connectivity index (χ4n) is 3.38. The van der Waals surface area contributed by atoms with Gasteiger partial charge in [0, 0.05) is 19.7 Å². The minimum absolute atomic E-state index is 0.187. The first kappa shape index (κ1) is 13.8. The van der Waals surface area contributed by atoms with Gasteiger partial charge in [0.1, 0.15) is 0 Å². The highest BCUT2D eigenvalue weighted by Gasteiger charge is 2.39.